The summed E-state index contributed by atoms with van der Waals surface area (Å²) in [6, 6.07) is 19.9. The van der Waals surface area contributed by atoms with Crippen LogP contribution in [0.5, 0.6) is 17.2 Å². The van der Waals surface area contributed by atoms with E-state index in [1.165, 1.54) is 0 Å². The third kappa shape index (κ3) is 7.17. The van der Waals surface area contributed by atoms with E-state index < -0.39 is 0 Å². The van der Waals surface area contributed by atoms with Gasteiger partial charge in [-0.05, 0) is 73.7 Å². The molecule has 0 aliphatic carbocycles. The van der Waals surface area contributed by atoms with Crippen molar-refractivity contribution in [2.24, 2.45) is 0 Å². The number of methoxy groups -OCH3 is 2. The minimum atomic E-state index is -0.314. The first-order valence-corrected chi connectivity index (χ1v) is 13.0. The highest BCUT2D eigenvalue weighted by Gasteiger charge is 2.23. The summed E-state index contributed by atoms with van der Waals surface area (Å²) in [7, 11) is 3.13. The normalized spacial score (nSPS) is 12.9. The number of anilines is 2. The van der Waals surface area contributed by atoms with Gasteiger partial charge < -0.3 is 29.3 Å². The van der Waals surface area contributed by atoms with Gasteiger partial charge in [0, 0.05) is 54.7 Å². The van der Waals surface area contributed by atoms with E-state index in [0.29, 0.717) is 61.2 Å². The molecule has 1 aliphatic heterocycles. The standard InChI is InChI=1S/C29H32N4O5S/c1-4-38-24-7-5-6-20(16-24)27(34)31-29(39)30-22-8-10-23(11-9-22)32-12-14-33(15-13-32)28(35)21-17-25(36-2)19-26(18-21)37-3/h5-11,16-19H,4,12-15H2,1-3H3,(H2,30,31,34,39). The first-order valence-electron chi connectivity index (χ1n) is 12.6. The number of nitrogens with one attached hydrogen (secondary N) is 2. The molecule has 1 heterocycles. The first kappa shape index (κ1) is 27.7. The number of carbonyl (C=O) groups excluding carboxylic acids is 2. The molecule has 0 radical (unpaired) electrons. The van der Waals surface area contributed by atoms with Crippen LogP contribution in [-0.4, -0.2) is 68.8 Å². The lowest BCUT2D eigenvalue weighted by atomic mass is 10.1. The van der Waals surface area contributed by atoms with Gasteiger partial charge in [-0.3, -0.25) is 14.9 Å². The Balaban J connectivity index is 1.29. The van der Waals surface area contributed by atoms with E-state index in [9.17, 15) is 9.59 Å². The van der Waals surface area contributed by atoms with Gasteiger partial charge in [-0.15, -0.1) is 0 Å². The summed E-state index contributed by atoms with van der Waals surface area (Å²) in [5.74, 6) is 1.43. The number of piperazine rings is 1. The van der Waals surface area contributed by atoms with Gasteiger partial charge in [-0.1, -0.05) is 6.07 Å². The van der Waals surface area contributed by atoms with Crippen LogP contribution in [0.15, 0.2) is 66.7 Å². The predicted molar refractivity (Wildman–Crippen MR) is 155 cm³/mol. The molecule has 4 rings (SSSR count). The Morgan fingerprint density at radius 1 is 0.846 bits per heavy atom. The van der Waals surface area contributed by atoms with Crippen molar-refractivity contribution in [1.82, 2.24) is 10.2 Å². The third-order valence-electron chi connectivity index (χ3n) is 6.29. The molecule has 10 heteroatoms. The van der Waals surface area contributed by atoms with Gasteiger partial charge in [-0.2, -0.15) is 0 Å². The van der Waals surface area contributed by atoms with Gasteiger partial charge in [0.2, 0.25) is 0 Å². The summed E-state index contributed by atoms with van der Waals surface area (Å²) in [6.45, 7) is 5.01. The number of carbonyl (C=O) groups is 2. The van der Waals surface area contributed by atoms with Gasteiger partial charge >= 0.3 is 0 Å². The summed E-state index contributed by atoms with van der Waals surface area (Å²) in [6.07, 6.45) is 0. The average molecular weight is 549 g/mol. The molecule has 204 valence electrons. The second-order valence-corrected chi connectivity index (χ2v) is 9.20. The molecule has 0 bridgehead atoms. The van der Waals surface area contributed by atoms with Crippen molar-refractivity contribution >= 4 is 40.5 Å². The summed E-state index contributed by atoms with van der Waals surface area (Å²) in [5, 5.41) is 5.95. The summed E-state index contributed by atoms with van der Waals surface area (Å²) in [4.78, 5) is 29.7. The third-order valence-corrected chi connectivity index (χ3v) is 6.49. The Kier molecular flexibility index (Phi) is 9.22. The topological polar surface area (TPSA) is 92.4 Å². The molecule has 3 aromatic rings. The molecule has 0 spiro atoms. The van der Waals surface area contributed by atoms with Crippen LogP contribution in [-0.2, 0) is 0 Å². The lowest BCUT2D eigenvalue weighted by Crippen LogP contribution is -2.48. The zero-order valence-electron chi connectivity index (χ0n) is 22.2. The maximum absolute atomic E-state index is 13.1. The average Bonchev–Trinajstić information content (AvgIpc) is 2.97. The van der Waals surface area contributed by atoms with Gasteiger partial charge in [0.25, 0.3) is 11.8 Å². The Bertz CT molecular complexity index is 1300. The number of ether oxygens (including phenoxy) is 3. The molecular formula is C29H32N4O5S. The minimum Gasteiger partial charge on any atom is -0.497 e. The highest BCUT2D eigenvalue weighted by atomic mass is 32.1. The smallest absolute Gasteiger partial charge is 0.257 e. The number of rotatable bonds is 8. The largest absolute Gasteiger partial charge is 0.497 e. The van der Waals surface area contributed by atoms with E-state index in [2.05, 4.69) is 15.5 Å². The Labute approximate surface area is 233 Å². The van der Waals surface area contributed by atoms with E-state index in [-0.39, 0.29) is 16.9 Å². The van der Waals surface area contributed by atoms with E-state index in [1.807, 2.05) is 36.1 Å². The molecule has 1 aliphatic rings. The molecule has 1 saturated heterocycles. The van der Waals surface area contributed by atoms with Crippen LogP contribution in [0.1, 0.15) is 27.6 Å². The summed E-state index contributed by atoms with van der Waals surface area (Å²) in [5.41, 5.74) is 2.80. The minimum absolute atomic E-state index is 0.0495. The second-order valence-electron chi connectivity index (χ2n) is 8.80. The van der Waals surface area contributed by atoms with Crippen molar-refractivity contribution in [2.45, 2.75) is 6.92 Å². The highest BCUT2D eigenvalue weighted by molar-refractivity contribution is 7.80. The van der Waals surface area contributed by atoms with Gasteiger partial charge in [0.15, 0.2) is 5.11 Å². The van der Waals surface area contributed by atoms with Crippen molar-refractivity contribution in [3.05, 3.63) is 77.9 Å². The predicted octanol–water partition coefficient (Wildman–Crippen LogP) is 4.19. The molecular weight excluding hydrogens is 516 g/mol. The Morgan fingerprint density at radius 2 is 1.49 bits per heavy atom. The van der Waals surface area contributed by atoms with Crippen LogP contribution in [0.4, 0.5) is 11.4 Å². The monoisotopic (exact) mass is 548 g/mol. The molecule has 2 N–H and O–H groups in total. The molecule has 0 atom stereocenters. The fourth-order valence-corrected chi connectivity index (χ4v) is 4.48. The molecule has 2 amide bonds. The number of benzene rings is 3. The van der Waals surface area contributed by atoms with Crippen molar-refractivity contribution in [3.63, 3.8) is 0 Å². The second kappa shape index (κ2) is 13.0. The van der Waals surface area contributed by atoms with Crippen LogP contribution in [0, 0.1) is 0 Å². The molecule has 0 unspecified atom stereocenters. The van der Waals surface area contributed by atoms with Gasteiger partial charge in [-0.25, -0.2) is 0 Å². The number of amides is 2. The molecule has 0 saturated carbocycles. The van der Waals surface area contributed by atoms with Crippen LogP contribution < -0.4 is 29.7 Å². The fourth-order valence-electron chi connectivity index (χ4n) is 4.27. The first-order chi connectivity index (χ1) is 18.9. The van der Waals surface area contributed by atoms with E-state index in [0.717, 1.165) is 11.4 Å². The lowest BCUT2D eigenvalue weighted by Gasteiger charge is -2.36. The fraction of sp³-hybridized carbons (Fsp3) is 0.276. The number of nitrogens with zero attached hydrogens (tertiary/aromatic N) is 2. The van der Waals surface area contributed by atoms with Crippen LogP contribution >= 0.6 is 12.2 Å². The van der Waals surface area contributed by atoms with E-state index in [4.69, 9.17) is 26.4 Å². The van der Waals surface area contributed by atoms with E-state index in [1.54, 1.807) is 56.7 Å². The van der Waals surface area contributed by atoms with Crippen LogP contribution in [0.3, 0.4) is 0 Å². The quantitative estimate of drug-likeness (QED) is 0.405. The van der Waals surface area contributed by atoms with Crippen molar-refractivity contribution in [2.75, 3.05) is 57.2 Å². The maximum Gasteiger partial charge on any atom is 0.257 e. The van der Waals surface area contributed by atoms with Gasteiger partial charge in [0.05, 0.1) is 20.8 Å². The Morgan fingerprint density at radius 3 is 2.10 bits per heavy atom. The zero-order valence-corrected chi connectivity index (χ0v) is 23.0. The van der Waals surface area contributed by atoms with Crippen LogP contribution in [0.25, 0.3) is 0 Å². The van der Waals surface area contributed by atoms with Crippen molar-refractivity contribution in [3.8, 4) is 17.2 Å². The van der Waals surface area contributed by atoms with Gasteiger partial charge in [0.1, 0.15) is 17.2 Å². The highest BCUT2D eigenvalue weighted by Crippen LogP contribution is 2.25. The molecule has 0 aromatic heterocycles. The van der Waals surface area contributed by atoms with Crippen molar-refractivity contribution < 1.29 is 23.8 Å². The molecule has 39 heavy (non-hydrogen) atoms. The number of hydrogen-bond donors (Lipinski definition) is 2. The molecule has 3 aromatic carbocycles. The van der Waals surface area contributed by atoms with Crippen molar-refractivity contribution in [1.29, 1.82) is 0 Å². The van der Waals surface area contributed by atoms with Crippen LogP contribution in [0.2, 0.25) is 0 Å². The number of thiocarbonyl (C=S) groups is 1. The van der Waals surface area contributed by atoms with E-state index >= 15 is 0 Å². The lowest BCUT2D eigenvalue weighted by molar-refractivity contribution is 0.0745. The SMILES string of the molecule is CCOc1cccc(C(=O)NC(=S)Nc2ccc(N3CCN(C(=O)c4cc(OC)cc(OC)c4)CC3)cc2)c1. The maximum atomic E-state index is 13.1. The zero-order chi connectivity index (χ0) is 27.8. The Hall–Kier alpha value is -4.31. The molecule has 9 nitrogen and oxygen atoms in total. The summed E-state index contributed by atoms with van der Waals surface area (Å²) >= 11 is 5.33. The number of hydrogen-bond acceptors (Lipinski definition) is 7. The molecule has 1 fully saturated rings. The summed E-state index contributed by atoms with van der Waals surface area (Å²) < 4.78 is 16.0.